The first-order chi connectivity index (χ1) is 14.0. The maximum Gasteiger partial charge on any atom is 0.206 e. The van der Waals surface area contributed by atoms with Gasteiger partial charge in [-0.15, -0.1) is 10.2 Å². The second kappa shape index (κ2) is 7.35. The molecule has 0 saturated carbocycles. The minimum atomic E-state index is 0.104. The van der Waals surface area contributed by atoms with Crippen LogP contribution in [0.15, 0.2) is 30.6 Å². The van der Waals surface area contributed by atoms with Crippen LogP contribution in [0.4, 0.5) is 5.13 Å². The van der Waals surface area contributed by atoms with Crippen LogP contribution < -0.4 is 5.32 Å². The average molecular weight is 427 g/mol. The average Bonchev–Trinajstić information content (AvgIpc) is 3.28. The molecule has 1 aliphatic rings. The van der Waals surface area contributed by atoms with Crippen molar-refractivity contribution < 1.29 is 5.11 Å². The van der Waals surface area contributed by atoms with Crippen LogP contribution in [-0.2, 0) is 7.05 Å². The number of piperidine rings is 1. The number of aryl methyl sites for hydroxylation is 1. The summed E-state index contributed by atoms with van der Waals surface area (Å²) >= 11 is 1.48. The number of likely N-dealkylation sites (tertiary alicyclic amines) is 1. The topological polar surface area (TPSA) is 79.1 Å². The van der Waals surface area contributed by atoms with Gasteiger partial charge in [-0.1, -0.05) is 17.4 Å². The fourth-order valence-corrected chi connectivity index (χ4v) is 5.36. The minimum Gasteiger partial charge on any atom is -0.507 e. The van der Waals surface area contributed by atoms with Crippen molar-refractivity contribution in [2.24, 2.45) is 7.05 Å². The fraction of sp³-hybridized carbons (Fsp3) is 0.500. The van der Waals surface area contributed by atoms with Gasteiger partial charge >= 0.3 is 0 Å². The Morgan fingerprint density at radius 3 is 2.37 bits per heavy atom. The molecular weight excluding hydrogens is 396 g/mol. The van der Waals surface area contributed by atoms with E-state index in [1.54, 1.807) is 16.9 Å². The molecule has 0 unspecified atom stereocenters. The Morgan fingerprint density at radius 2 is 1.77 bits per heavy atom. The monoisotopic (exact) mass is 426 g/mol. The predicted molar refractivity (Wildman–Crippen MR) is 122 cm³/mol. The highest BCUT2D eigenvalue weighted by atomic mass is 32.1. The van der Waals surface area contributed by atoms with Gasteiger partial charge in [-0.2, -0.15) is 5.10 Å². The summed E-state index contributed by atoms with van der Waals surface area (Å²) in [5, 5.41) is 28.5. The number of aromatic nitrogens is 4. The second-order valence-corrected chi connectivity index (χ2v) is 10.5. The van der Waals surface area contributed by atoms with E-state index in [-0.39, 0.29) is 16.8 Å². The predicted octanol–water partition coefficient (Wildman–Crippen LogP) is 4.37. The molecule has 4 rings (SSSR count). The first kappa shape index (κ1) is 20.8. The molecule has 8 heteroatoms. The van der Waals surface area contributed by atoms with E-state index in [0.717, 1.165) is 29.1 Å². The highest BCUT2D eigenvalue weighted by Gasteiger charge is 2.43. The Balaban J connectivity index is 1.52. The van der Waals surface area contributed by atoms with Crippen LogP contribution >= 0.6 is 11.3 Å². The van der Waals surface area contributed by atoms with Crippen LogP contribution in [0, 0.1) is 0 Å². The maximum absolute atomic E-state index is 10.6. The van der Waals surface area contributed by atoms with Crippen molar-refractivity contribution in [2.45, 2.75) is 57.7 Å². The minimum absolute atomic E-state index is 0.104. The highest BCUT2D eigenvalue weighted by Crippen LogP contribution is 2.40. The fourth-order valence-electron chi connectivity index (χ4n) is 4.50. The third kappa shape index (κ3) is 3.94. The lowest BCUT2D eigenvalue weighted by Crippen LogP contribution is -2.61. The lowest BCUT2D eigenvalue weighted by Gasteiger charge is -2.53. The van der Waals surface area contributed by atoms with Gasteiger partial charge in [-0.3, -0.25) is 9.58 Å². The van der Waals surface area contributed by atoms with Crippen molar-refractivity contribution in [1.29, 1.82) is 0 Å². The SMILES string of the molecule is CN1C(C)(C)CC(Nc2nnc(-c3ccc(-c4cnn(C)c4)cc3O)s2)CC1(C)C. The molecule has 7 nitrogen and oxygen atoms in total. The zero-order chi connectivity index (χ0) is 21.7. The van der Waals surface area contributed by atoms with Crippen molar-refractivity contribution >= 4 is 16.5 Å². The van der Waals surface area contributed by atoms with Crippen LogP contribution in [0.3, 0.4) is 0 Å². The smallest absolute Gasteiger partial charge is 0.206 e. The molecule has 0 aliphatic carbocycles. The summed E-state index contributed by atoms with van der Waals surface area (Å²) in [5.74, 6) is 0.195. The lowest BCUT2D eigenvalue weighted by atomic mass is 9.77. The summed E-state index contributed by atoms with van der Waals surface area (Å²) in [5.41, 5.74) is 2.78. The van der Waals surface area contributed by atoms with Crippen LogP contribution in [0.1, 0.15) is 40.5 Å². The van der Waals surface area contributed by atoms with Crippen molar-refractivity contribution in [1.82, 2.24) is 24.9 Å². The number of anilines is 1. The Labute approximate surface area is 181 Å². The molecule has 30 heavy (non-hydrogen) atoms. The molecule has 1 saturated heterocycles. The van der Waals surface area contributed by atoms with Gasteiger partial charge in [-0.25, -0.2) is 0 Å². The molecule has 2 N–H and O–H groups in total. The van der Waals surface area contributed by atoms with Crippen molar-refractivity contribution in [2.75, 3.05) is 12.4 Å². The molecule has 2 aromatic heterocycles. The Hall–Kier alpha value is -2.45. The summed E-state index contributed by atoms with van der Waals surface area (Å²) in [6.07, 6.45) is 5.78. The molecular formula is C22H30N6OS. The number of phenolic OH excluding ortho intramolecular Hbond substituents is 1. The van der Waals surface area contributed by atoms with Crippen molar-refractivity contribution in [3.8, 4) is 27.4 Å². The van der Waals surface area contributed by atoms with E-state index in [1.807, 2.05) is 25.4 Å². The number of nitrogens with zero attached hydrogens (tertiary/aromatic N) is 5. The molecule has 0 bridgehead atoms. The normalized spacial score (nSPS) is 19.1. The largest absolute Gasteiger partial charge is 0.507 e. The Kier molecular flexibility index (Phi) is 5.10. The number of benzene rings is 1. The third-order valence-electron chi connectivity index (χ3n) is 6.33. The molecule has 0 atom stereocenters. The molecule has 3 aromatic rings. The Morgan fingerprint density at radius 1 is 1.07 bits per heavy atom. The summed E-state index contributed by atoms with van der Waals surface area (Å²) in [6, 6.07) is 5.95. The van der Waals surface area contributed by atoms with E-state index >= 15 is 0 Å². The van der Waals surface area contributed by atoms with Gasteiger partial charge in [0.05, 0.1) is 11.8 Å². The summed E-state index contributed by atoms with van der Waals surface area (Å²) < 4.78 is 1.74. The number of hydrogen-bond acceptors (Lipinski definition) is 7. The zero-order valence-electron chi connectivity index (χ0n) is 18.5. The molecule has 0 spiro atoms. The molecule has 0 radical (unpaired) electrons. The van der Waals surface area contributed by atoms with E-state index in [4.69, 9.17) is 0 Å². The first-order valence-corrected chi connectivity index (χ1v) is 11.0. The van der Waals surface area contributed by atoms with Crippen LogP contribution in [0.25, 0.3) is 21.7 Å². The number of nitrogens with one attached hydrogen (secondary N) is 1. The standard InChI is InChI=1S/C22H30N6OS/c1-21(2)10-16(11-22(3,4)28(21)6)24-20-26-25-19(30-20)17-8-7-14(9-18(17)29)15-12-23-27(5)13-15/h7-9,12-13,16,29H,10-11H2,1-6H3,(H,24,26). The van der Waals surface area contributed by atoms with E-state index in [0.29, 0.717) is 16.6 Å². The molecule has 0 amide bonds. The lowest BCUT2D eigenvalue weighted by molar-refractivity contribution is -0.00768. The van der Waals surface area contributed by atoms with E-state index < -0.39 is 0 Å². The Bertz CT molecular complexity index is 1040. The summed E-state index contributed by atoms with van der Waals surface area (Å²) in [4.78, 5) is 2.46. The summed E-state index contributed by atoms with van der Waals surface area (Å²) in [7, 11) is 4.08. The molecule has 3 heterocycles. The quantitative estimate of drug-likeness (QED) is 0.645. The molecule has 1 aliphatic heterocycles. The van der Waals surface area contributed by atoms with Gasteiger partial charge in [0.15, 0.2) is 5.01 Å². The van der Waals surface area contributed by atoms with Gasteiger partial charge in [-0.05, 0) is 65.3 Å². The molecule has 160 valence electrons. The molecule has 1 fully saturated rings. The highest BCUT2D eigenvalue weighted by molar-refractivity contribution is 7.18. The first-order valence-electron chi connectivity index (χ1n) is 10.2. The maximum atomic E-state index is 10.6. The van der Waals surface area contributed by atoms with Gasteiger partial charge in [0.2, 0.25) is 5.13 Å². The van der Waals surface area contributed by atoms with Crippen molar-refractivity contribution in [3.05, 3.63) is 30.6 Å². The number of aromatic hydroxyl groups is 1. The van der Waals surface area contributed by atoms with E-state index in [1.165, 1.54) is 11.3 Å². The second-order valence-electron chi connectivity index (χ2n) is 9.48. The van der Waals surface area contributed by atoms with E-state index in [2.05, 4.69) is 60.3 Å². The molecule has 1 aromatic carbocycles. The van der Waals surface area contributed by atoms with Gasteiger partial charge in [0, 0.05) is 35.9 Å². The van der Waals surface area contributed by atoms with Crippen LogP contribution in [-0.4, -0.2) is 54.2 Å². The van der Waals surface area contributed by atoms with Crippen molar-refractivity contribution in [3.63, 3.8) is 0 Å². The zero-order valence-corrected chi connectivity index (χ0v) is 19.3. The van der Waals surface area contributed by atoms with Crippen LogP contribution in [0.5, 0.6) is 5.75 Å². The van der Waals surface area contributed by atoms with Crippen LogP contribution in [0.2, 0.25) is 0 Å². The number of phenols is 1. The third-order valence-corrected chi connectivity index (χ3v) is 7.21. The summed E-state index contributed by atoms with van der Waals surface area (Å²) in [6.45, 7) is 9.15. The van der Waals surface area contributed by atoms with Gasteiger partial charge in [0.25, 0.3) is 0 Å². The number of rotatable bonds is 4. The number of hydrogen-bond donors (Lipinski definition) is 2. The van der Waals surface area contributed by atoms with E-state index in [9.17, 15) is 5.11 Å². The van der Waals surface area contributed by atoms with Gasteiger partial charge in [0.1, 0.15) is 5.75 Å². The van der Waals surface area contributed by atoms with Gasteiger partial charge < -0.3 is 10.4 Å².